The first-order chi connectivity index (χ1) is 19.8. The van der Waals surface area contributed by atoms with Crippen LogP contribution in [0, 0.1) is 0 Å². The third-order valence-corrected chi connectivity index (χ3v) is 6.53. The van der Waals surface area contributed by atoms with Crippen LogP contribution in [0.2, 0.25) is 0 Å². The van der Waals surface area contributed by atoms with Gasteiger partial charge in [0.2, 0.25) is 0 Å². The molecule has 0 atom stereocenters. The predicted molar refractivity (Wildman–Crippen MR) is 159 cm³/mol. The fourth-order valence-corrected chi connectivity index (χ4v) is 4.75. The summed E-state index contributed by atoms with van der Waals surface area (Å²) in [5.41, 5.74) is 3.48. The van der Waals surface area contributed by atoms with Crippen molar-refractivity contribution in [3.63, 3.8) is 0 Å². The molecule has 0 fully saturated rings. The summed E-state index contributed by atoms with van der Waals surface area (Å²) in [6.07, 6.45) is 1.35. The number of carbonyl (C=O) groups excluding carboxylic acids is 3. The van der Waals surface area contributed by atoms with Crippen molar-refractivity contribution in [1.29, 1.82) is 0 Å². The van der Waals surface area contributed by atoms with Crippen LogP contribution in [0.5, 0.6) is 23.0 Å². The number of rotatable bonds is 10. The third kappa shape index (κ3) is 8.26. The second-order valence-corrected chi connectivity index (χ2v) is 9.93. The van der Waals surface area contributed by atoms with E-state index in [0.29, 0.717) is 37.1 Å². The van der Waals surface area contributed by atoms with Crippen LogP contribution in [0.4, 0.5) is 0 Å². The first-order valence-corrected chi connectivity index (χ1v) is 13.6. The topological polar surface area (TPSA) is 113 Å². The van der Waals surface area contributed by atoms with Gasteiger partial charge in [-0.1, -0.05) is 36.4 Å². The summed E-state index contributed by atoms with van der Waals surface area (Å²) in [5.74, 6) is -0.705. The summed E-state index contributed by atoms with van der Waals surface area (Å²) in [6.45, 7) is -0.310. The lowest BCUT2D eigenvalue weighted by molar-refractivity contribution is -0.123. The maximum absolute atomic E-state index is 12.7. The molecule has 11 heteroatoms. The van der Waals surface area contributed by atoms with Crippen LogP contribution < -0.4 is 24.4 Å². The lowest BCUT2D eigenvalue weighted by Crippen LogP contribution is -2.24. The molecule has 0 aromatic heterocycles. The van der Waals surface area contributed by atoms with Crippen LogP contribution in [-0.4, -0.2) is 37.8 Å². The molecule has 208 valence electrons. The number of nitrogens with one attached hydrogen (secondary N) is 1. The first kappa shape index (κ1) is 29.5. The summed E-state index contributed by atoms with van der Waals surface area (Å²) in [4.78, 5) is 37.7. The molecule has 9 nitrogen and oxygen atoms in total. The first-order valence-electron chi connectivity index (χ1n) is 12.0. The van der Waals surface area contributed by atoms with Crippen LogP contribution in [0.3, 0.4) is 0 Å². The number of carbonyl (C=O) groups is 3. The van der Waals surface area contributed by atoms with Crippen molar-refractivity contribution in [2.75, 3.05) is 13.7 Å². The molecule has 0 aliphatic heterocycles. The highest BCUT2D eigenvalue weighted by molar-refractivity contribution is 9.11. The molecule has 1 amide bonds. The number of methoxy groups -OCH3 is 1. The largest absolute Gasteiger partial charge is 0.497 e. The predicted octanol–water partition coefficient (Wildman–Crippen LogP) is 6.19. The van der Waals surface area contributed by atoms with Crippen molar-refractivity contribution in [3.05, 3.63) is 117 Å². The van der Waals surface area contributed by atoms with Crippen molar-refractivity contribution >= 4 is 55.9 Å². The number of halogens is 2. The van der Waals surface area contributed by atoms with E-state index in [1.54, 1.807) is 86.0 Å². The summed E-state index contributed by atoms with van der Waals surface area (Å²) < 4.78 is 23.0. The van der Waals surface area contributed by atoms with Gasteiger partial charge in [-0.15, -0.1) is 0 Å². The second-order valence-electron chi connectivity index (χ2n) is 8.22. The Balaban J connectivity index is 1.45. The Morgan fingerprint density at radius 1 is 0.780 bits per heavy atom. The lowest BCUT2D eigenvalue weighted by atomic mass is 10.2. The minimum absolute atomic E-state index is 0.00375. The fraction of sp³-hybridized carbons (Fsp3) is 0.0667. The molecular formula is C30H22Br2N2O7. The van der Waals surface area contributed by atoms with E-state index in [9.17, 15) is 14.4 Å². The quantitative estimate of drug-likeness (QED) is 0.0920. The molecule has 0 bridgehead atoms. The smallest absolute Gasteiger partial charge is 0.343 e. The van der Waals surface area contributed by atoms with E-state index in [1.807, 2.05) is 0 Å². The lowest BCUT2D eigenvalue weighted by Gasteiger charge is -2.12. The van der Waals surface area contributed by atoms with Gasteiger partial charge in [-0.3, -0.25) is 4.79 Å². The van der Waals surface area contributed by atoms with Gasteiger partial charge in [0.05, 0.1) is 33.4 Å². The Hall–Kier alpha value is -4.48. The highest BCUT2D eigenvalue weighted by Gasteiger charge is 2.17. The Morgan fingerprint density at radius 2 is 1.34 bits per heavy atom. The van der Waals surface area contributed by atoms with Crippen LogP contribution in [-0.2, 0) is 4.79 Å². The van der Waals surface area contributed by atoms with Crippen molar-refractivity contribution in [2.24, 2.45) is 5.10 Å². The zero-order valence-electron chi connectivity index (χ0n) is 21.5. The van der Waals surface area contributed by atoms with Crippen LogP contribution in [0.15, 0.2) is 105 Å². The van der Waals surface area contributed by atoms with Gasteiger partial charge in [0.1, 0.15) is 11.5 Å². The van der Waals surface area contributed by atoms with Gasteiger partial charge in [-0.25, -0.2) is 15.0 Å². The number of amides is 1. The van der Waals surface area contributed by atoms with Crippen molar-refractivity contribution in [1.82, 2.24) is 5.43 Å². The van der Waals surface area contributed by atoms with Crippen molar-refractivity contribution in [2.45, 2.75) is 0 Å². The Morgan fingerprint density at radius 3 is 1.90 bits per heavy atom. The van der Waals surface area contributed by atoms with Crippen LogP contribution in [0.1, 0.15) is 26.3 Å². The second kappa shape index (κ2) is 14.2. The minimum Gasteiger partial charge on any atom is -0.497 e. The zero-order valence-corrected chi connectivity index (χ0v) is 24.7. The van der Waals surface area contributed by atoms with Gasteiger partial charge >= 0.3 is 11.9 Å². The molecule has 0 unspecified atom stereocenters. The number of esters is 2. The van der Waals surface area contributed by atoms with E-state index in [1.165, 1.54) is 18.3 Å². The molecule has 0 heterocycles. The van der Waals surface area contributed by atoms with Crippen LogP contribution >= 0.6 is 31.9 Å². The summed E-state index contributed by atoms with van der Waals surface area (Å²) >= 11 is 6.76. The van der Waals surface area contributed by atoms with E-state index in [0.717, 1.165) is 0 Å². The molecule has 4 aromatic carbocycles. The van der Waals surface area contributed by atoms with Gasteiger partial charge in [0.25, 0.3) is 5.91 Å². The summed E-state index contributed by atoms with van der Waals surface area (Å²) in [7, 11) is 1.54. The van der Waals surface area contributed by atoms with Gasteiger partial charge in [-0.05, 0) is 92.0 Å². The van der Waals surface area contributed by atoms with Gasteiger partial charge in [0.15, 0.2) is 18.1 Å². The van der Waals surface area contributed by atoms with Crippen LogP contribution in [0.25, 0.3) is 0 Å². The van der Waals surface area contributed by atoms with Crippen molar-refractivity contribution < 1.29 is 33.3 Å². The molecule has 0 spiro atoms. The van der Waals surface area contributed by atoms with Gasteiger partial charge in [0, 0.05) is 0 Å². The maximum atomic E-state index is 12.7. The number of hydrogen-bond donors (Lipinski definition) is 1. The molecule has 41 heavy (non-hydrogen) atoms. The Bertz CT molecular complexity index is 1560. The number of hydrazone groups is 1. The maximum Gasteiger partial charge on any atom is 0.343 e. The standard InChI is InChI=1S/C30H22Br2N2O7/c1-38-22-15-23(31)28(24(32)16-22)39-18-27(35)34-33-17-19-12-13-25(40-29(36)20-8-4-2-5-9-20)26(14-19)41-30(37)21-10-6-3-7-11-21/h2-17H,18H2,1H3,(H,34,35)/b33-17+. The van der Waals surface area contributed by atoms with E-state index in [-0.39, 0.29) is 18.1 Å². The molecule has 4 aromatic rings. The minimum atomic E-state index is -0.641. The monoisotopic (exact) mass is 680 g/mol. The normalized spacial score (nSPS) is 10.6. The molecule has 1 N–H and O–H groups in total. The molecule has 0 saturated carbocycles. The van der Waals surface area contributed by atoms with E-state index < -0.39 is 17.8 Å². The third-order valence-electron chi connectivity index (χ3n) is 5.35. The molecule has 0 saturated heterocycles. The van der Waals surface area contributed by atoms with Gasteiger partial charge in [-0.2, -0.15) is 5.10 Å². The molecule has 0 aliphatic carbocycles. The highest BCUT2D eigenvalue weighted by Crippen LogP contribution is 2.37. The fourth-order valence-electron chi connectivity index (χ4n) is 3.38. The molecular weight excluding hydrogens is 660 g/mol. The number of benzene rings is 4. The zero-order chi connectivity index (χ0) is 29.2. The summed E-state index contributed by atoms with van der Waals surface area (Å²) in [5, 5.41) is 3.95. The Kier molecular flexibility index (Phi) is 10.2. The van der Waals surface area contributed by atoms with Gasteiger partial charge < -0.3 is 18.9 Å². The molecule has 0 radical (unpaired) electrons. The average molecular weight is 682 g/mol. The van der Waals surface area contributed by atoms with E-state index in [2.05, 4.69) is 42.4 Å². The highest BCUT2D eigenvalue weighted by atomic mass is 79.9. The van der Waals surface area contributed by atoms with E-state index >= 15 is 0 Å². The molecule has 4 rings (SSSR count). The Labute approximate surface area is 252 Å². The molecule has 0 aliphatic rings. The number of hydrogen-bond acceptors (Lipinski definition) is 8. The van der Waals surface area contributed by atoms with E-state index in [4.69, 9.17) is 18.9 Å². The SMILES string of the molecule is COc1cc(Br)c(OCC(=O)N/N=C/c2ccc(OC(=O)c3ccccc3)c(OC(=O)c3ccccc3)c2)c(Br)c1. The average Bonchev–Trinajstić information content (AvgIpc) is 2.98. The number of nitrogens with zero attached hydrogens (tertiary/aromatic N) is 1. The van der Waals surface area contributed by atoms with Crippen molar-refractivity contribution in [3.8, 4) is 23.0 Å². The summed E-state index contributed by atoms with van der Waals surface area (Å²) in [6, 6.07) is 24.7. The number of ether oxygens (including phenoxy) is 4.